The van der Waals surface area contributed by atoms with Crippen LogP contribution in [0.15, 0.2) is 87.8 Å². The average Bonchev–Trinajstić information content (AvgIpc) is 2.95. The van der Waals surface area contributed by atoms with E-state index in [2.05, 4.69) is 4.74 Å². The molecule has 1 atom stereocenters. The number of anilines is 1. The molecule has 3 aromatic rings. The molecule has 0 aromatic heterocycles. The summed E-state index contributed by atoms with van der Waals surface area (Å²) in [6.07, 6.45) is -9.67. The lowest BCUT2D eigenvalue weighted by molar-refractivity contribution is -0.275. The number of nitrogens with zero attached hydrogens (tertiary/aromatic N) is 4. The molecule has 0 aliphatic carbocycles. The van der Waals surface area contributed by atoms with E-state index in [1.807, 2.05) is 0 Å². The topological polar surface area (TPSA) is 149 Å². The first kappa shape index (κ1) is 33.8. The van der Waals surface area contributed by atoms with Crippen LogP contribution in [0, 0.1) is 22.7 Å². The molecule has 0 saturated heterocycles. The minimum atomic E-state index is -5.59. The Morgan fingerprint density at radius 1 is 0.848 bits per heavy atom. The number of urea groups is 1. The lowest BCUT2D eigenvalue weighted by Gasteiger charge is -2.41. The smallest absolute Gasteiger partial charge is 0.404 e. The van der Waals surface area contributed by atoms with E-state index < -0.39 is 88.1 Å². The highest BCUT2D eigenvalue weighted by molar-refractivity contribution is 7.91. The highest BCUT2D eigenvalue weighted by atomic mass is 32.2. The molecule has 3 aromatic carbocycles. The van der Waals surface area contributed by atoms with Gasteiger partial charge in [0.2, 0.25) is 0 Å². The van der Waals surface area contributed by atoms with Crippen LogP contribution >= 0.6 is 0 Å². The van der Waals surface area contributed by atoms with E-state index in [1.54, 1.807) is 12.1 Å². The Balaban J connectivity index is 2.13. The molecule has 0 unspecified atom stereocenters. The molecule has 0 fully saturated rings. The van der Waals surface area contributed by atoms with E-state index in [-0.39, 0.29) is 9.87 Å². The van der Waals surface area contributed by atoms with Crippen molar-refractivity contribution in [1.82, 2.24) is 4.31 Å². The molecule has 0 N–H and O–H groups in total. The van der Waals surface area contributed by atoms with Gasteiger partial charge in [0.25, 0.3) is 10.0 Å². The van der Waals surface area contributed by atoms with Crippen LogP contribution in [-0.2, 0) is 26.0 Å². The van der Waals surface area contributed by atoms with Crippen molar-refractivity contribution in [2.45, 2.75) is 35.3 Å². The van der Waals surface area contributed by atoms with Crippen molar-refractivity contribution >= 4 is 31.6 Å². The number of hydrogen-bond donors (Lipinski definition) is 0. The first-order valence-corrected chi connectivity index (χ1v) is 15.8. The molecular formula is C28H18F6N4O6S2. The number of halogens is 6. The van der Waals surface area contributed by atoms with Gasteiger partial charge in [-0.15, -0.1) is 13.2 Å². The quantitative estimate of drug-likeness (QED) is 0.285. The number of allylic oxidation sites excluding steroid dienone is 1. The van der Waals surface area contributed by atoms with E-state index in [4.69, 9.17) is 0 Å². The van der Waals surface area contributed by atoms with Crippen LogP contribution in [0.25, 0.3) is 0 Å². The summed E-state index contributed by atoms with van der Waals surface area (Å²) in [4.78, 5) is 12.7. The van der Waals surface area contributed by atoms with Crippen molar-refractivity contribution < 1.29 is 52.7 Å². The van der Waals surface area contributed by atoms with Gasteiger partial charge in [-0.1, -0.05) is 24.3 Å². The maximum absolute atomic E-state index is 14.3. The molecule has 0 spiro atoms. The van der Waals surface area contributed by atoms with Crippen molar-refractivity contribution in [2.24, 2.45) is 0 Å². The molecule has 18 heteroatoms. The Morgan fingerprint density at radius 2 is 1.50 bits per heavy atom. The number of sulfone groups is 1. The summed E-state index contributed by atoms with van der Waals surface area (Å²) in [5.74, 6) is -1.31. The molecule has 4 rings (SSSR count). The third-order valence-electron chi connectivity index (χ3n) is 6.61. The standard InChI is InChI=1S/C28H18F6N4O6S2/c1-16-21(15-36)25(20-11-10-17(14-35)12-24(20)45(2,40)41)38(26(39)37(16)19-7-5-6-18(13-19)27(29,30)31)46(42,43)23-9-4-3-8-22(23)44-28(32,33)34/h3-13,25H,1-2H3/t25-/m1/s1. The van der Waals surface area contributed by atoms with Gasteiger partial charge in [-0.25, -0.2) is 25.9 Å². The summed E-state index contributed by atoms with van der Waals surface area (Å²) in [5, 5.41) is 19.6. The molecule has 2 amide bonds. The Kier molecular flexibility index (Phi) is 8.60. The molecule has 0 bridgehead atoms. The molecule has 0 radical (unpaired) electrons. The molecule has 10 nitrogen and oxygen atoms in total. The Hall–Kier alpha value is -5.07. The second kappa shape index (κ2) is 11.7. The van der Waals surface area contributed by atoms with Crippen LogP contribution in [0.1, 0.15) is 29.7 Å². The van der Waals surface area contributed by atoms with Crippen LogP contribution in [0.4, 0.5) is 36.8 Å². The zero-order chi connectivity index (χ0) is 34.4. The third-order valence-corrected chi connectivity index (χ3v) is 9.54. The highest BCUT2D eigenvalue weighted by Gasteiger charge is 2.49. The number of sulfonamides is 1. The van der Waals surface area contributed by atoms with E-state index in [0.717, 1.165) is 49.4 Å². The van der Waals surface area contributed by atoms with Crippen LogP contribution in [0.5, 0.6) is 5.75 Å². The predicted molar refractivity (Wildman–Crippen MR) is 147 cm³/mol. The molecule has 0 saturated carbocycles. The van der Waals surface area contributed by atoms with Gasteiger partial charge >= 0.3 is 18.6 Å². The number of nitriles is 2. The minimum absolute atomic E-state index is 0.104. The van der Waals surface area contributed by atoms with Gasteiger partial charge in [0.15, 0.2) is 9.84 Å². The second-order valence-electron chi connectivity index (χ2n) is 9.61. The van der Waals surface area contributed by atoms with Gasteiger partial charge in [0, 0.05) is 12.0 Å². The van der Waals surface area contributed by atoms with Crippen molar-refractivity contribution in [3.8, 4) is 17.9 Å². The van der Waals surface area contributed by atoms with Crippen molar-refractivity contribution in [2.75, 3.05) is 11.2 Å². The van der Waals surface area contributed by atoms with E-state index in [9.17, 15) is 58.5 Å². The summed E-state index contributed by atoms with van der Waals surface area (Å²) >= 11 is 0. The Bertz CT molecular complexity index is 2080. The fraction of sp³-hybridized carbons (Fsp3) is 0.179. The van der Waals surface area contributed by atoms with Gasteiger partial charge in [0.1, 0.15) is 16.7 Å². The SMILES string of the molecule is CC1=C(C#N)[C@@H](c2ccc(C#N)cc2S(C)(=O)=O)N(S(=O)(=O)c2ccccc2OC(F)(F)F)C(=O)N1c1cccc(C(F)(F)F)c1. The number of benzene rings is 3. The van der Waals surface area contributed by atoms with Crippen molar-refractivity contribution in [3.63, 3.8) is 0 Å². The van der Waals surface area contributed by atoms with Crippen LogP contribution in [0.3, 0.4) is 0 Å². The molecule has 240 valence electrons. The average molecular weight is 685 g/mol. The first-order valence-electron chi connectivity index (χ1n) is 12.5. The van der Waals surface area contributed by atoms with Crippen LogP contribution < -0.4 is 9.64 Å². The number of carbonyl (C=O) groups is 1. The van der Waals surface area contributed by atoms with Crippen LogP contribution in [-0.4, -0.2) is 39.8 Å². The molecular weight excluding hydrogens is 666 g/mol. The van der Waals surface area contributed by atoms with Gasteiger partial charge in [0.05, 0.1) is 39.4 Å². The zero-order valence-electron chi connectivity index (χ0n) is 23.3. The normalized spacial score (nSPS) is 16.2. The van der Waals surface area contributed by atoms with Gasteiger partial charge < -0.3 is 4.74 Å². The number of hydrogen-bond acceptors (Lipinski definition) is 8. The summed E-state index contributed by atoms with van der Waals surface area (Å²) in [6.45, 7) is 1.08. The van der Waals surface area contributed by atoms with Gasteiger partial charge in [-0.3, -0.25) is 4.90 Å². The number of rotatable bonds is 6. The second-order valence-corrected chi connectivity index (χ2v) is 13.4. The lowest BCUT2D eigenvalue weighted by atomic mass is 9.94. The first-order chi connectivity index (χ1) is 21.2. The fourth-order valence-corrected chi connectivity index (χ4v) is 7.27. The van der Waals surface area contributed by atoms with Crippen LogP contribution in [0.2, 0.25) is 0 Å². The highest BCUT2D eigenvalue weighted by Crippen LogP contribution is 2.46. The minimum Gasteiger partial charge on any atom is -0.404 e. The predicted octanol–water partition coefficient (Wildman–Crippen LogP) is 6.05. The molecule has 46 heavy (non-hydrogen) atoms. The molecule has 1 heterocycles. The fourth-order valence-electron chi connectivity index (χ4n) is 4.71. The number of ether oxygens (including phenoxy) is 1. The van der Waals surface area contributed by atoms with E-state index >= 15 is 0 Å². The zero-order valence-corrected chi connectivity index (χ0v) is 24.9. The largest absolute Gasteiger partial charge is 0.573 e. The number of amides is 2. The Morgan fingerprint density at radius 3 is 2.07 bits per heavy atom. The van der Waals surface area contributed by atoms with Crippen molar-refractivity contribution in [1.29, 1.82) is 10.5 Å². The van der Waals surface area contributed by atoms with Gasteiger partial charge in [-0.05, 0) is 55.0 Å². The summed E-state index contributed by atoms with van der Waals surface area (Å²) in [5.41, 5.74) is -3.72. The number of para-hydroxylation sites is 1. The molecule has 1 aliphatic rings. The Labute approximate surface area is 257 Å². The van der Waals surface area contributed by atoms with E-state index in [0.29, 0.717) is 35.4 Å². The third kappa shape index (κ3) is 6.35. The summed E-state index contributed by atoms with van der Waals surface area (Å²) < 4.78 is 139. The number of alkyl halides is 6. The van der Waals surface area contributed by atoms with E-state index in [1.165, 1.54) is 0 Å². The summed E-state index contributed by atoms with van der Waals surface area (Å²) in [6, 6.07) is 8.55. The maximum Gasteiger partial charge on any atom is 0.573 e. The lowest BCUT2D eigenvalue weighted by Crippen LogP contribution is -2.52. The summed E-state index contributed by atoms with van der Waals surface area (Å²) in [7, 11) is -9.95. The number of carbonyl (C=O) groups excluding carboxylic acids is 1. The monoisotopic (exact) mass is 684 g/mol. The molecule has 1 aliphatic heterocycles. The maximum atomic E-state index is 14.3. The van der Waals surface area contributed by atoms with Gasteiger partial charge in [-0.2, -0.15) is 23.7 Å². The van der Waals surface area contributed by atoms with Crippen molar-refractivity contribution in [3.05, 3.63) is 94.7 Å².